The van der Waals surface area contributed by atoms with Crippen molar-refractivity contribution in [3.05, 3.63) is 182 Å². The molecule has 0 bridgehead atoms. The van der Waals surface area contributed by atoms with Gasteiger partial charge >= 0.3 is 0 Å². The molecular formula is C52H39N5. The Kier molecular flexibility index (Phi) is 7.35. The maximum Gasteiger partial charge on any atom is 0.147 e. The molecule has 5 nitrogen and oxygen atoms in total. The molecule has 0 amide bonds. The molecule has 0 radical (unpaired) electrons. The van der Waals surface area contributed by atoms with E-state index >= 15 is 0 Å². The van der Waals surface area contributed by atoms with Gasteiger partial charge in [-0.05, 0) is 82.3 Å². The first-order chi connectivity index (χ1) is 27.9. The number of nitrogens with one attached hydrogen (secondary N) is 1. The molecule has 0 fully saturated rings. The molecule has 272 valence electrons. The number of para-hydroxylation sites is 4. The summed E-state index contributed by atoms with van der Waals surface area (Å²) in [4.78, 5) is 14.3. The number of imidazole rings is 1. The first-order valence-electron chi connectivity index (χ1n) is 19.6. The van der Waals surface area contributed by atoms with Gasteiger partial charge in [0.1, 0.15) is 11.6 Å². The van der Waals surface area contributed by atoms with Crippen LogP contribution in [0.4, 0.5) is 0 Å². The minimum atomic E-state index is -0.0118. The number of nitrogens with zero attached hydrogens (tertiary/aromatic N) is 4. The van der Waals surface area contributed by atoms with Crippen molar-refractivity contribution in [1.82, 2.24) is 24.1 Å². The Morgan fingerprint density at radius 2 is 1.19 bits per heavy atom. The Labute approximate surface area is 330 Å². The van der Waals surface area contributed by atoms with Crippen molar-refractivity contribution in [2.24, 2.45) is 0 Å². The summed E-state index contributed by atoms with van der Waals surface area (Å²) in [6.45, 7) is 6.82. The summed E-state index contributed by atoms with van der Waals surface area (Å²) in [5.74, 6) is 1.78. The van der Waals surface area contributed by atoms with Crippen LogP contribution in [-0.4, -0.2) is 24.1 Å². The van der Waals surface area contributed by atoms with E-state index in [9.17, 15) is 0 Å². The second-order valence-corrected chi connectivity index (χ2v) is 16.0. The molecule has 0 saturated carbocycles. The Bertz CT molecular complexity index is 3320. The maximum absolute atomic E-state index is 5.57. The molecule has 0 spiro atoms. The monoisotopic (exact) mass is 733 g/mol. The number of H-pyrrole nitrogens is 1. The van der Waals surface area contributed by atoms with Crippen molar-refractivity contribution in [3.8, 4) is 45.1 Å². The fraction of sp³-hybridized carbons (Fsp3) is 0.0769. The van der Waals surface area contributed by atoms with Gasteiger partial charge < -0.3 is 4.98 Å². The predicted octanol–water partition coefficient (Wildman–Crippen LogP) is 13.5. The Balaban J connectivity index is 1.17. The first kappa shape index (κ1) is 33.1. The molecule has 11 rings (SSSR count). The topological polar surface area (TPSA) is 51.4 Å². The fourth-order valence-electron chi connectivity index (χ4n) is 8.66. The third-order valence-corrected chi connectivity index (χ3v) is 11.5. The third kappa shape index (κ3) is 5.31. The Morgan fingerprint density at radius 3 is 2.02 bits per heavy atom. The average molecular weight is 734 g/mol. The summed E-state index contributed by atoms with van der Waals surface area (Å²) < 4.78 is 4.66. The second-order valence-electron chi connectivity index (χ2n) is 16.0. The molecule has 5 heteroatoms. The minimum Gasteiger partial charge on any atom is -0.354 e. The molecule has 0 unspecified atom stereocenters. The molecule has 57 heavy (non-hydrogen) atoms. The number of pyridine rings is 1. The highest BCUT2D eigenvalue weighted by atomic mass is 15.1. The van der Waals surface area contributed by atoms with Gasteiger partial charge in [-0.15, -0.1) is 0 Å². The van der Waals surface area contributed by atoms with Crippen molar-refractivity contribution in [1.29, 1.82) is 0 Å². The number of fused-ring (bicyclic) bond motifs is 7. The van der Waals surface area contributed by atoms with E-state index in [1.807, 2.05) is 6.20 Å². The van der Waals surface area contributed by atoms with Gasteiger partial charge in [-0.2, -0.15) is 0 Å². The van der Waals surface area contributed by atoms with Gasteiger partial charge in [0.2, 0.25) is 0 Å². The van der Waals surface area contributed by atoms with Crippen molar-refractivity contribution in [2.75, 3.05) is 0 Å². The summed E-state index contributed by atoms with van der Waals surface area (Å²) in [5.41, 5.74) is 14.3. The van der Waals surface area contributed by atoms with E-state index in [-0.39, 0.29) is 5.41 Å². The number of aromatic nitrogens is 5. The molecule has 1 N–H and O–H groups in total. The maximum atomic E-state index is 5.57. The van der Waals surface area contributed by atoms with Crippen LogP contribution in [0.5, 0.6) is 0 Å². The quantitative estimate of drug-likeness (QED) is 0.191. The lowest BCUT2D eigenvalue weighted by Gasteiger charge is -2.19. The molecule has 0 saturated heterocycles. The minimum absolute atomic E-state index is 0.0118. The van der Waals surface area contributed by atoms with Gasteiger partial charge in [0.25, 0.3) is 0 Å². The van der Waals surface area contributed by atoms with Crippen molar-refractivity contribution < 1.29 is 0 Å². The van der Waals surface area contributed by atoms with E-state index < -0.39 is 0 Å². The molecule has 0 aliphatic heterocycles. The molecule has 0 aliphatic rings. The van der Waals surface area contributed by atoms with Gasteiger partial charge in [0.15, 0.2) is 0 Å². The smallest absolute Gasteiger partial charge is 0.147 e. The standard InChI is InChI=1S/C52H39N5/c1-52(2,3)36-25-27-41-40-26-24-35(30-46(40)57(47(41)32-36)48-31-34(28-29-53-48)33-14-6-4-7-15-33)38-19-13-23-45-50(38)55-51(56(45)37-16-8-5-9-17-37)43-21-12-20-42-39-18-10-11-22-44(39)54-49(42)43/h4-32,54H,1-3H3. The fourth-order valence-corrected chi connectivity index (χ4v) is 8.66. The lowest BCUT2D eigenvalue weighted by molar-refractivity contribution is 0.591. The van der Waals surface area contributed by atoms with Crippen LogP contribution in [0.25, 0.3) is 99.8 Å². The molecular weight excluding hydrogens is 695 g/mol. The Morgan fingerprint density at radius 1 is 0.491 bits per heavy atom. The average Bonchev–Trinajstić information content (AvgIpc) is 3.93. The third-order valence-electron chi connectivity index (χ3n) is 11.5. The number of hydrogen-bond acceptors (Lipinski definition) is 2. The zero-order valence-electron chi connectivity index (χ0n) is 32.0. The number of benzene rings is 7. The lowest BCUT2D eigenvalue weighted by Crippen LogP contribution is -2.11. The van der Waals surface area contributed by atoms with E-state index in [4.69, 9.17) is 9.97 Å². The molecule has 4 aromatic heterocycles. The molecule has 0 aliphatic carbocycles. The summed E-state index contributed by atoms with van der Waals surface area (Å²) in [6, 6.07) is 60.8. The van der Waals surface area contributed by atoms with E-state index in [0.717, 1.165) is 78.2 Å². The van der Waals surface area contributed by atoms with E-state index in [2.05, 4.69) is 205 Å². The van der Waals surface area contributed by atoms with Crippen molar-refractivity contribution in [2.45, 2.75) is 26.2 Å². The van der Waals surface area contributed by atoms with Crippen LogP contribution in [-0.2, 0) is 5.41 Å². The predicted molar refractivity (Wildman–Crippen MR) is 238 cm³/mol. The Hall–Kier alpha value is -7.24. The van der Waals surface area contributed by atoms with Gasteiger partial charge in [0, 0.05) is 50.1 Å². The summed E-state index contributed by atoms with van der Waals surface area (Å²) in [7, 11) is 0. The number of rotatable bonds is 5. The van der Waals surface area contributed by atoms with Crippen molar-refractivity contribution in [3.63, 3.8) is 0 Å². The summed E-state index contributed by atoms with van der Waals surface area (Å²) in [6.07, 6.45) is 1.93. The SMILES string of the molecule is CC(C)(C)c1ccc2c3ccc(-c4cccc5c4nc(-c4cccc6c4[nH]c4ccccc46)n5-c4ccccc4)cc3n(-c3cc(-c4ccccc4)ccn3)c2c1. The molecule has 11 aromatic rings. The van der Waals surface area contributed by atoms with Gasteiger partial charge in [-0.1, -0.05) is 136 Å². The first-order valence-corrected chi connectivity index (χ1v) is 19.6. The highest BCUT2D eigenvalue weighted by Crippen LogP contribution is 2.41. The highest BCUT2D eigenvalue weighted by Gasteiger charge is 2.23. The largest absolute Gasteiger partial charge is 0.354 e. The van der Waals surface area contributed by atoms with E-state index in [1.54, 1.807) is 0 Å². The van der Waals surface area contributed by atoms with E-state index in [0.29, 0.717) is 0 Å². The van der Waals surface area contributed by atoms with Gasteiger partial charge in [-0.25, -0.2) is 9.97 Å². The lowest BCUT2D eigenvalue weighted by atomic mass is 9.86. The van der Waals surface area contributed by atoms with E-state index in [1.165, 1.54) is 27.1 Å². The molecule has 0 atom stereocenters. The second kappa shape index (κ2) is 12.7. The van der Waals surface area contributed by atoms with Gasteiger partial charge in [0.05, 0.1) is 27.6 Å². The number of hydrogen-bond donors (Lipinski definition) is 1. The van der Waals surface area contributed by atoms with Crippen LogP contribution in [0.1, 0.15) is 26.3 Å². The van der Waals surface area contributed by atoms with Crippen LogP contribution in [0.15, 0.2) is 176 Å². The van der Waals surface area contributed by atoms with Crippen LogP contribution in [0.3, 0.4) is 0 Å². The summed E-state index contributed by atoms with van der Waals surface area (Å²) >= 11 is 0. The normalized spacial score (nSPS) is 12.1. The van der Waals surface area contributed by atoms with Gasteiger partial charge in [-0.3, -0.25) is 9.13 Å². The zero-order chi connectivity index (χ0) is 38.3. The van der Waals surface area contributed by atoms with Crippen LogP contribution >= 0.6 is 0 Å². The molecule has 4 heterocycles. The highest BCUT2D eigenvalue weighted by molar-refractivity contribution is 6.13. The van der Waals surface area contributed by atoms with Crippen LogP contribution in [0, 0.1) is 0 Å². The van der Waals surface area contributed by atoms with Crippen LogP contribution < -0.4 is 0 Å². The summed E-state index contributed by atoms with van der Waals surface area (Å²) in [5, 5.41) is 4.79. The van der Waals surface area contributed by atoms with Crippen molar-refractivity contribution >= 4 is 54.6 Å². The number of aromatic amines is 1. The molecule has 7 aromatic carbocycles. The van der Waals surface area contributed by atoms with Crippen LogP contribution in [0.2, 0.25) is 0 Å². The zero-order valence-corrected chi connectivity index (χ0v) is 32.0.